The Balaban J connectivity index is 2.22. The predicted molar refractivity (Wildman–Crippen MR) is 82.1 cm³/mol. The van der Waals surface area contributed by atoms with E-state index >= 15 is 0 Å². The minimum absolute atomic E-state index is 0.103. The standard InChI is InChI=1S/C13H17ClN4OS/c1-3-17(8-9-5-6-11(14)20-9)13(19)12-10(15)7-16-18(12)4-2/h5-7H,3-4,8,15H2,1-2H3. The molecule has 108 valence electrons. The minimum Gasteiger partial charge on any atom is -0.396 e. The number of nitrogen functional groups attached to an aromatic ring is 1. The summed E-state index contributed by atoms with van der Waals surface area (Å²) < 4.78 is 2.35. The molecule has 2 aromatic rings. The summed E-state index contributed by atoms with van der Waals surface area (Å²) in [7, 11) is 0. The number of carbonyl (C=O) groups excluding carboxylic acids is 1. The van der Waals surface area contributed by atoms with Crippen molar-refractivity contribution in [2.75, 3.05) is 12.3 Å². The van der Waals surface area contributed by atoms with Crippen LogP contribution in [0.5, 0.6) is 0 Å². The van der Waals surface area contributed by atoms with Crippen molar-refractivity contribution in [2.24, 2.45) is 0 Å². The summed E-state index contributed by atoms with van der Waals surface area (Å²) in [5.74, 6) is -0.103. The lowest BCUT2D eigenvalue weighted by Crippen LogP contribution is -2.32. The van der Waals surface area contributed by atoms with Crippen LogP contribution in [0.2, 0.25) is 4.34 Å². The van der Waals surface area contributed by atoms with Crippen LogP contribution in [0.3, 0.4) is 0 Å². The van der Waals surface area contributed by atoms with Crippen molar-refractivity contribution in [1.29, 1.82) is 0 Å². The second kappa shape index (κ2) is 6.28. The zero-order valence-electron chi connectivity index (χ0n) is 11.5. The summed E-state index contributed by atoms with van der Waals surface area (Å²) >= 11 is 7.40. The van der Waals surface area contributed by atoms with E-state index in [1.807, 2.05) is 26.0 Å². The van der Waals surface area contributed by atoms with E-state index in [1.165, 1.54) is 17.5 Å². The van der Waals surface area contributed by atoms with Gasteiger partial charge in [0.2, 0.25) is 0 Å². The van der Waals surface area contributed by atoms with Gasteiger partial charge in [0.1, 0.15) is 5.69 Å². The molecule has 5 nitrogen and oxygen atoms in total. The van der Waals surface area contributed by atoms with E-state index in [-0.39, 0.29) is 5.91 Å². The first kappa shape index (κ1) is 14.9. The van der Waals surface area contributed by atoms with E-state index in [0.29, 0.717) is 31.0 Å². The number of thiophene rings is 1. The number of nitrogens with two attached hydrogens (primary N) is 1. The summed E-state index contributed by atoms with van der Waals surface area (Å²) in [5, 5.41) is 4.11. The molecular weight excluding hydrogens is 296 g/mol. The first-order chi connectivity index (χ1) is 9.56. The van der Waals surface area contributed by atoms with E-state index in [1.54, 1.807) is 9.58 Å². The lowest BCUT2D eigenvalue weighted by Gasteiger charge is -2.20. The fourth-order valence-corrected chi connectivity index (χ4v) is 3.08. The van der Waals surface area contributed by atoms with Gasteiger partial charge in [-0.15, -0.1) is 11.3 Å². The van der Waals surface area contributed by atoms with Crippen LogP contribution in [0.4, 0.5) is 5.69 Å². The Labute approximate surface area is 126 Å². The molecule has 0 aliphatic heterocycles. The zero-order chi connectivity index (χ0) is 14.7. The largest absolute Gasteiger partial charge is 0.396 e. The Morgan fingerprint density at radius 2 is 2.25 bits per heavy atom. The smallest absolute Gasteiger partial charge is 0.274 e. The molecule has 0 unspecified atom stereocenters. The Morgan fingerprint density at radius 1 is 1.50 bits per heavy atom. The molecule has 0 spiro atoms. The van der Waals surface area contributed by atoms with E-state index in [4.69, 9.17) is 17.3 Å². The first-order valence-corrected chi connectivity index (χ1v) is 7.61. The Kier molecular flexibility index (Phi) is 4.67. The summed E-state index contributed by atoms with van der Waals surface area (Å²) in [6.07, 6.45) is 1.52. The molecule has 0 atom stereocenters. The van der Waals surface area contributed by atoms with Crippen molar-refractivity contribution in [3.05, 3.63) is 33.2 Å². The average molecular weight is 313 g/mol. The number of rotatable bonds is 5. The fourth-order valence-electron chi connectivity index (χ4n) is 1.98. The Morgan fingerprint density at radius 3 is 2.80 bits per heavy atom. The second-order valence-corrected chi connectivity index (χ2v) is 6.09. The lowest BCUT2D eigenvalue weighted by molar-refractivity contribution is 0.0743. The lowest BCUT2D eigenvalue weighted by atomic mass is 10.3. The minimum atomic E-state index is -0.103. The van der Waals surface area contributed by atoms with Crippen LogP contribution in [0.15, 0.2) is 18.3 Å². The Bertz CT molecular complexity index is 607. The number of nitrogens with zero attached hydrogens (tertiary/aromatic N) is 3. The molecule has 0 bridgehead atoms. The van der Waals surface area contributed by atoms with Crippen LogP contribution in [-0.2, 0) is 13.1 Å². The van der Waals surface area contributed by atoms with Gasteiger partial charge < -0.3 is 10.6 Å². The molecule has 0 fully saturated rings. The zero-order valence-corrected chi connectivity index (χ0v) is 13.0. The molecule has 0 aromatic carbocycles. The number of aromatic nitrogens is 2. The van der Waals surface area contributed by atoms with Crippen molar-refractivity contribution in [1.82, 2.24) is 14.7 Å². The number of aryl methyl sites for hydroxylation is 1. The highest BCUT2D eigenvalue weighted by molar-refractivity contribution is 7.16. The number of amides is 1. The molecule has 2 rings (SSSR count). The Hall–Kier alpha value is -1.53. The molecule has 1 amide bonds. The van der Waals surface area contributed by atoms with Crippen LogP contribution in [-0.4, -0.2) is 27.1 Å². The molecular formula is C13H17ClN4OS. The van der Waals surface area contributed by atoms with Gasteiger partial charge in [-0.1, -0.05) is 11.6 Å². The SMILES string of the molecule is CCN(Cc1ccc(Cl)s1)C(=O)c1c(N)cnn1CC. The topological polar surface area (TPSA) is 64.2 Å². The number of carbonyl (C=O) groups is 1. The van der Waals surface area contributed by atoms with Gasteiger partial charge in [-0.05, 0) is 26.0 Å². The van der Waals surface area contributed by atoms with Gasteiger partial charge in [0.25, 0.3) is 5.91 Å². The second-order valence-electron chi connectivity index (χ2n) is 4.29. The van der Waals surface area contributed by atoms with Crippen LogP contribution in [0.1, 0.15) is 29.2 Å². The van der Waals surface area contributed by atoms with Crippen LogP contribution in [0, 0.1) is 0 Å². The monoisotopic (exact) mass is 312 g/mol. The maximum absolute atomic E-state index is 12.6. The number of halogens is 1. The van der Waals surface area contributed by atoms with Gasteiger partial charge in [-0.2, -0.15) is 5.10 Å². The van der Waals surface area contributed by atoms with Gasteiger partial charge in [0, 0.05) is 18.0 Å². The highest BCUT2D eigenvalue weighted by Crippen LogP contribution is 2.24. The van der Waals surface area contributed by atoms with Crippen LogP contribution < -0.4 is 5.73 Å². The van der Waals surface area contributed by atoms with Crippen molar-refractivity contribution in [3.8, 4) is 0 Å². The number of hydrogen-bond acceptors (Lipinski definition) is 4. The third kappa shape index (κ3) is 2.96. The molecule has 7 heteroatoms. The van der Waals surface area contributed by atoms with Crippen LogP contribution in [0.25, 0.3) is 0 Å². The van der Waals surface area contributed by atoms with E-state index in [0.717, 1.165) is 9.21 Å². The van der Waals surface area contributed by atoms with Crippen molar-refractivity contribution < 1.29 is 4.79 Å². The van der Waals surface area contributed by atoms with E-state index in [9.17, 15) is 4.79 Å². The van der Waals surface area contributed by atoms with Gasteiger partial charge in [0.15, 0.2) is 0 Å². The highest BCUT2D eigenvalue weighted by Gasteiger charge is 2.22. The molecule has 0 aliphatic carbocycles. The number of hydrogen-bond donors (Lipinski definition) is 1. The average Bonchev–Trinajstić information content (AvgIpc) is 3.01. The van der Waals surface area contributed by atoms with Crippen LogP contribution >= 0.6 is 22.9 Å². The van der Waals surface area contributed by atoms with Crippen molar-refractivity contribution in [2.45, 2.75) is 26.9 Å². The van der Waals surface area contributed by atoms with E-state index in [2.05, 4.69) is 5.10 Å². The normalized spacial score (nSPS) is 10.8. The maximum atomic E-state index is 12.6. The third-order valence-corrected chi connectivity index (χ3v) is 4.23. The van der Waals surface area contributed by atoms with Gasteiger partial charge in [-0.25, -0.2) is 0 Å². The molecule has 2 heterocycles. The summed E-state index contributed by atoms with van der Waals surface area (Å²) in [4.78, 5) is 15.4. The third-order valence-electron chi connectivity index (χ3n) is 3.01. The van der Waals surface area contributed by atoms with Gasteiger partial charge in [-0.3, -0.25) is 9.48 Å². The fraction of sp³-hybridized carbons (Fsp3) is 0.385. The van der Waals surface area contributed by atoms with Gasteiger partial charge >= 0.3 is 0 Å². The summed E-state index contributed by atoms with van der Waals surface area (Å²) in [6.45, 7) is 5.61. The molecule has 0 radical (unpaired) electrons. The van der Waals surface area contributed by atoms with E-state index < -0.39 is 0 Å². The molecule has 0 aliphatic rings. The summed E-state index contributed by atoms with van der Waals surface area (Å²) in [6, 6.07) is 3.77. The quantitative estimate of drug-likeness (QED) is 0.923. The molecule has 0 saturated carbocycles. The molecule has 0 saturated heterocycles. The molecule has 2 N–H and O–H groups in total. The molecule has 20 heavy (non-hydrogen) atoms. The predicted octanol–water partition coefficient (Wildman–Crippen LogP) is 2.86. The first-order valence-electron chi connectivity index (χ1n) is 6.41. The maximum Gasteiger partial charge on any atom is 0.274 e. The van der Waals surface area contributed by atoms with Crippen molar-refractivity contribution >= 4 is 34.5 Å². The highest BCUT2D eigenvalue weighted by atomic mass is 35.5. The van der Waals surface area contributed by atoms with Crippen molar-refractivity contribution in [3.63, 3.8) is 0 Å². The van der Waals surface area contributed by atoms with Gasteiger partial charge in [0.05, 0.1) is 22.8 Å². The number of anilines is 1. The molecule has 2 aromatic heterocycles. The summed E-state index contributed by atoms with van der Waals surface area (Å²) in [5.41, 5.74) is 6.73.